The van der Waals surface area contributed by atoms with E-state index in [1.54, 1.807) is 0 Å². The normalized spacial score (nSPS) is 15.4. The number of rotatable bonds is 9. The van der Waals surface area contributed by atoms with Crippen molar-refractivity contribution in [2.24, 2.45) is 0 Å². The lowest BCUT2D eigenvalue weighted by Crippen LogP contribution is -2.48. The second-order valence-corrected chi connectivity index (χ2v) is 7.47. The van der Waals surface area contributed by atoms with Crippen molar-refractivity contribution >= 4 is 22.6 Å². The number of H-pyrrole nitrogens is 1. The Bertz CT molecular complexity index is 760. The Morgan fingerprint density at radius 2 is 1.74 bits per heavy atom. The molecule has 146 valence electrons. The molecule has 0 saturated carbocycles. The largest absolute Gasteiger partial charge is 0.361 e. The fourth-order valence-electron chi connectivity index (χ4n) is 3.77. The topological polar surface area (TPSA) is 56.4 Å². The highest BCUT2D eigenvalue weighted by Crippen LogP contribution is 2.20. The molecule has 5 nitrogen and oxygen atoms in total. The standard InChI is InChI=1S/C22H31N3O2/c1-2-19(26)8-4-3-5-11-22(27)25-14-12-24(13-15-25)17-18-16-23-21-10-7-6-9-20(18)21/h6-7,9-10,16,23H,2-5,8,11-15,17H2,1H3. The SMILES string of the molecule is CCC(=O)CCCCCC(=O)N1CCN(Cc2c[nH]c3ccccc23)CC1. The molecule has 1 aliphatic rings. The van der Waals surface area contributed by atoms with Crippen LogP contribution in [-0.4, -0.2) is 52.7 Å². The molecular weight excluding hydrogens is 338 g/mol. The van der Waals surface area contributed by atoms with Crippen LogP contribution in [0.25, 0.3) is 10.9 Å². The molecule has 2 heterocycles. The van der Waals surface area contributed by atoms with Gasteiger partial charge >= 0.3 is 0 Å². The van der Waals surface area contributed by atoms with Gasteiger partial charge < -0.3 is 9.88 Å². The number of hydrogen-bond acceptors (Lipinski definition) is 3. The summed E-state index contributed by atoms with van der Waals surface area (Å²) in [5.74, 6) is 0.594. The minimum absolute atomic E-state index is 0.267. The number of aromatic amines is 1. The van der Waals surface area contributed by atoms with Crippen LogP contribution in [0.5, 0.6) is 0 Å². The summed E-state index contributed by atoms with van der Waals surface area (Å²) in [5.41, 5.74) is 2.51. The van der Waals surface area contributed by atoms with Crippen molar-refractivity contribution in [3.05, 3.63) is 36.0 Å². The van der Waals surface area contributed by atoms with Crippen LogP contribution < -0.4 is 0 Å². The number of ketones is 1. The number of carbonyl (C=O) groups excluding carboxylic acids is 2. The second kappa shape index (κ2) is 9.70. The van der Waals surface area contributed by atoms with Crippen LogP contribution in [0.4, 0.5) is 0 Å². The van der Waals surface area contributed by atoms with Gasteiger partial charge in [0.25, 0.3) is 0 Å². The van der Waals surface area contributed by atoms with Crippen LogP contribution in [0.3, 0.4) is 0 Å². The fraction of sp³-hybridized carbons (Fsp3) is 0.545. The molecule has 0 spiro atoms. The number of aromatic nitrogens is 1. The van der Waals surface area contributed by atoms with Crippen molar-refractivity contribution in [3.63, 3.8) is 0 Å². The van der Waals surface area contributed by atoms with Crippen molar-refractivity contribution in [3.8, 4) is 0 Å². The highest BCUT2D eigenvalue weighted by atomic mass is 16.2. The van der Waals surface area contributed by atoms with E-state index in [2.05, 4.69) is 40.3 Å². The van der Waals surface area contributed by atoms with Crippen LogP contribution in [0, 0.1) is 0 Å². The Hall–Kier alpha value is -2.14. The maximum Gasteiger partial charge on any atom is 0.222 e. The molecule has 1 aliphatic heterocycles. The van der Waals surface area contributed by atoms with Crippen LogP contribution in [0.1, 0.15) is 51.0 Å². The zero-order valence-corrected chi connectivity index (χ0v) is 16.4. The molecule has 5 heteroatoms. The molecule has 3 rings (SSSR count). The van der Waals surface area contributed by atoms with Crippen molar-refractivity contribution in [2.75, 3.05) is 26.2 Å². The first-order chi connectivity index (χ1) is 13.2. The van der Waals surface area contributed by atoms with Gasteiger partial charge in [-0.1, -0.05) is 31.5 Å². The maximum atomic E-state index is 12.4. The van der Waals surface area contributed by atoms with Gasteiger partial charge in [-0.2, -0.15) is 0 Å². The van der Waals surface area contributed by atoms with E-state index in [1.807, 2.05) is 11.8 Å². The molecule has 27 heavy (non-hydrogen) atoms. The van der Waals surface area contributed by atoms with Gasteiger partial charge in [0, 0.05) is 69.1 Å². The molecule has 2 aromatic rings. The molecule has 1 amide bonds. The predicted octanol–water partition coefficient (Wildman–Crippen LogP) is 3.74. The zero-order valence-electron chi connectivity index (χ0n) is 16.4. The second-order valence-electron chi connectivity index (χ2n) is 7.47. The Morgan fingerprint density at radius 1 is 1.00 bits per heavy atom. The lowest BCUT2D eigenvalue weighted by molar-refractivity contribution is -0.133. The van der Waals surface area contributed by atoms with Gasteiger partial charge in [0.15, 0.2) is 0 Å². The number of fused-ring (bicyclic) bond motifs is 1. The van der Waals surface area contributed by atoms with Crippen molar-refractivity contribution in [1.82, 2.24) is 14.8 Å². The van der Waals surface area contributed by atoms with E-state index in [-0.39, 0.29) is 5.91 Å². The predicted molar refractivity (Wildman–Crippen MR) is 109 cm³/mol. The Morgan fingerprint density at radius 3 is 2.52 bits per heavy atom. The van der Waals surface area contributed by atoms with Gasteiger partial charge in [0.05, 0.1) is 0 Å². The van der Waals surface area contributed by atoms with E-state index in [0.717, 1.165) is 52.0 Å². The molecule has 0 bridgehead atoms. The third-order valence-corrected chi connectivity index (χ3v) is 5.53. The minimum Gasteiger partial charge on any atom is -0.361 e. The van der Waals surface area contributed by atoms with Crippen LogP contribution >= 0.6 is 0 Å². The van der Waals surface area contributed by atoms with E-state index in [9.17, 15) is 9.59 Å². The van der Waals surface area contributed by atoms with Gasteiger partial charge in [-0.15, -0.1) is 0 Å². The summed E-state index contributed by atoms with van der Waals surface area (Å²) in [6.45, 7) is 6.32. The molecule has 1 N–H and O–H groups in total. The Kier molecular flexibility index (Phi) is 7.04. The highest BCUT2D eigenvalue weighted by molar-refractivity contribution is 5.83. The number of nitrogens with zero attached hydrogens (tertiary/aromatic N) is 2. The summed E-state index contributed by atoms with van der Waals surface area (Å²) >= 11 is 0. The molecule has 1 saturated heterocycles. The van der Waals surface area contributed by atoms with E-state index in [1.165, 1.54) is 16.5 Å². The zero-order chi connectivity index (χ0) is 19.1. The third-order valence-electron chi connectivity index (χ3n) is 5.53. The number of unbranched alkanes of at least 4 members (excludes halogenated alkanes) is 2. The summed E-state index contributed by atoms with van der Waals surface area (Å²) < 4.78 is 0. The number of carbonyl (C=O) groups is 2. The monoisotopic (exact) mass is 369 g/mol. The number of piperazine rings is 1. The maximum absolute atomic E-state index is 12.4. The molecule has 0 atom stereocenters. The Balaban J connectivity index is 1.37. The third kappa shape index (κ3) is 5.42. The van der Waals surface area contributed by atoms with E-state index >= 15 is 0 Å². The number of Topliss-reactive ketones (excluding diaryl/α,β-unsaturated/α-hetero) is 1. The molecule has 0 unspecified atom stereocenters. The molecule has 1 fully saturated rings. The molecule has 0 radical (unpaired) electrons. The summed E-state index contributed by atoms with van der Waals surface area (Å²) in [6.07, 6.45) is 6.79. The number of hydrogen-bond donors (Lipinski definition) is 1. The number of amides is 1. The average Bonchev–Trinajstić information content (AvgIpc) is 3.11. The van der Waals surface area contributed by atoms with Crippen LogP contribution in [0.15, 0.2) is 30.5 Å². The summed E-state index contributed by atoms with van der Waals surface area (Å²) in [4.78, 5) is 31.4. The molecule has 1 aromatic heterocycles. The number of nitrogens with one attached hydrogen (secondary N) is 1. The summed E-state index contributed by atoms with van der Waals surface area (Å²) in [7, 11) is 0. The van der Waals surface area contributed by atoms with Crippen molar-refractivity contribution in [2.45, 2.75) is 52.0 Å². The van der Waals surface area contributed by atoms with Gasteiger partial charge in [-0.25, -0.2) is 0 Å². The van der Waals surface area contributed by atoms with Gasteiger partial charge in [0.1, 0.15) is 5.78 Å². The molecular formula is C22H31N3O2. The number of para-hydroxylation sites is 1. The van der Waals surface area contributed by atoms with E-state index in [0.29, 0.717) is 25.0 Å². The minimum atomic E-state index is 0.267. The van der Waals surface area contributed by atoms with Crippen molar-refractivity contribution < 1.29 is 9.59 Å². The molecule has 0 aliphatic carbocycles. The van der Waals surface area contributed by atoms with Crippen LogP contribution in [-0.2, 0) is 16.1 Å². The van der Waals surface area contributed by atoms with Gasteiger partial charge in [0.2, 0.25) is 5.91 Å². The van der Waals surface area contributed by atoms with Gasteiger partial charge in [-0.05, 0) is 24.5 Å². The van der Waals surface area contributed by atoms with E-state index in [4.69, 9.17) is 0 Å². The van der Waals surface area contributed by atoms with E-state index < -0.39 is 0 Å². The smallest absolute Gasteiger partial charge is 0.222 e. The Labute approximate surface area is 161 Å². The lowest BCUT2D eigenvalue weighted by Gasteiger charge is -2.34. The van der Waals surface area contributed by atoms with Crippen molar-refractivity contribution in [1.29, 1.82) is 0 Å². The first kappa shape index (κ1) is 19.6. The first-order valence-corrected chi connectivity index (χ1v) is 10.2. The van der Waals surface area contributed by atoms with Gasteiger partial charge in [-0.3, -0.25) is 14.5 Å². The fourth-order valence-corrected chi connectivity index (χ4v) is 3.77. The lowest BCUT2D eigenvalue weighted by atomic mass is 10.1. The quantitative estimate of drug-likeness (QED) is 0.685. The van der Waals surface area contributed by atoms with Crippen LogP contribution in [0.2, 0.25) is 0 Å². The first-order valence-electron chi connectivity index (χ1n) is 10.2. The molecule has 1 aromatic carbocycles. The summed E-state index contributed by atoms with van der Waals surface area (Å²) in [5, 5.41) is 1.29. The average molecular weight is 370 g/mol. The highest BCUT2D eigenvalue weighted by Gasteiger charge is 2.21. The number of benzene rings is 1. The summed E-state index contributed by atoms with van der Waals surface area (Å²) in [6, 6.07) is 8.39.